The molecule has 0 heterocycles. The average molecular weight is 412 g/mol. The molecule has 3 rings (SSSR count). The molecule has 0 aromatic heterocycles. The van der Waals surface area contributed by atoms with Crippen LogP contribution in [0.4, 0.5) is 8.78 Å². The Bertz CT molecular complexity index is 963. The highest BCUT2D eigenvalue weighted by Gasteiger charge is 2.35. The maximum atomic E-state index is 13.9. The van der Waals surface area contributed by atoms with E-state index in [9.17, 15) is 23.8 Å². The highest BCUT2D eigenvalue weighted by Crippen LogP contribution is 2.43. The number of allylic oxidation sites excluding steroid dienone is 4. The molecule has 0 spiro atoms. The van der Waals surface area contributed by atoms with Crippen molar-refractivity contribution in [2.75, 3.05) is 0 Å². The van der Waals surface area contributed by atoms with Crippen LogP contribution in [0, 0.1) is 17.6 Å². The zero-order valence-corrected chi connectivity index (χ0v) is 17.2. The van der Waals surface area contributed by atoms with E-state index >= 15 is 0 Å². The van der Waals surface area contributed by atoms with Crippen molar-refractivity contribution in [1.29, 1.82) is 0 Å². The lowest BCUT2D eigenvalue weighted by Gasteiger charge is -2.31. The number of Topliss-reactive ketones (excluding diaryl/α,β-unsaturated/α-hetero) is 1. The lowest BCUT2D eigenvalue weighted by Crippen LogP contribution is -2.26. The van der Waals surface area contributed by atoms with Crippen molar-refractivity contribution in [3.8, 4) is 11.5 Å². The van der Waals surface area contributed by atoms with Crippen LogP contribution in [0.15, 0.2) is 59.7 Å². The lowest BCUT2D eigenvalue weighted by atomic mass is 9.72. The summed E-state index contributed by atoms with van der Waals surface area (Å²) in [5, 5.41) is 20.3. The summed E-state index contributed by atoms with van der Waals surface area (Å²) in [6, 6.07) is 7.46. The largest absolute Gasteiger partial charge is 0.507 e. The van der Waals surface area contributed by atoms with Crippen LogP contribution in [0.2, 0.25) is 0 Å². The number of benzene rings is 2. The van der Waals surface area contributed by atoms with E-state index in [1.165, 1.54) is 35.9 Å². The summed E-state index contributed by atoms with van der Waals surface area (Å²) in [4.78, 5) is 13.3. The van der Waals surface area contributed by atoms with Gasteiger partial charge in [-0.3, -0.25) is 4.79 Å². The van der Waals surface area contributed by atoms with Crippen LogP contribution in [-0.2, 0) is 0 Å². The van der Waals surface area contributed by atoms with Crippen LogP contribution in [-0.4, -0.2) is 16.0 Å². The number of ketones is 1. The predicted molar refractivity (Wildman–Crippen MR) is 113 cm³/mol. The first-order valence-corrected chi connectivity index (χ1v) is 10.1. The van der Waals surface area contributed by atoms with Crippen LogP contribution in [0.3, 0.4) is 0 Å². The van der Waals surface area contributed by atoms with Crippen molar-refractivity contribution in [3.63, 3.8) is 0 Å². The Labute approximate surface area is 175 Å². The van der Waals surface area contributed by atoms with E-state index in [4.69, 9.17) is 0 Å². The summed E-state index contributed by atoms with van der Waals surface area (Å²) < 4.78 is 27.8. The number of hydrogen-bond donors (Lipinski definition) is 2. The third kappa shape index (κ3) is 4.96. The smallest absolute Gasteiger partial charge is 0.174 e. The van der Waals surface area contributed by atoms with E-state index in [2.05, 4.69) is 6.08 Å². The number of carbonyl (C=O) groups is 1. The number of phenolic OH excluding ortho intramolecular Hbond substituents is 2. The monoisotopic (exact) mass is 412 g/mol. The van der Waals surface area contributed by atoms with Gasteiger partial charge in [-0.25, -0.2) is 8.78 Å². The third-order valence-electron chi connectivity index (χ3n) is 5.56. The highest BCUT2D eigenvalue weighted by molar-refractivity contribution is 6.03. The van der Waals surface area contributed by atoms with E-state index in [1.54, 1.807) is 0 Å². The Kier molecular flexibility index (Phi) is 6.70. The first-order chi connectivity index (χ1) is 14.3. The zero-order chi connectivity index (χ0) is 21.8. The van der Waals surface area contributed by atoms with E-state index in [1.807, 2.05) is 19.9 Å². The molecule has 0 amide bonds. The Morgan fingerprint density at radius 1 is 1.10 bits per heavy atom. The molecule has 5 heteroatoms. The summed E-state index contributed by atoms with van der Waals surface area (Å²) in [5.74, 6) is -3.51. The van der Waals surface area contributed by atoms with Crippen LogP contribution in [0.5, 0.6) is 11.5 Å². The fraction of sp³-hybridized carbons (Fsp3) is 0.320. The van der Waals surface area contributed by atoms with Gasteiger partial charge in [-0.1, -0.05) is 29.4 Å². The third-order valence-corrected chi connectivity index (χ3v) is 5.56. The number of carbonyl (C=O) groups excluding carboxylic acids is 1. The summed E-state index contributed by atoms with van der Waals surface area (Å²) >= 11 is 0. The molecule has 0 fully saturated rings. The van der Waals surface area contributed by atoms with Gasteiger partial charge in [0.05, 0.1) is 0 Å². The van der Waals surface area contributed by atoms with Gasteiger partial charge in [0.1, 0.15) is 28.7 Å². The van der Waals surface area contributed by atoms with Gasteiger partial charge >= 0.3 is 0 Å². The molecule has 158 valence electrons. The van der Waals surface area contributed by atoms with Gasteiger partial charge in [-0.15, -0.1) is 0 Å². The molecule has 0 aliphatic heterocycles. The summed E-state index contributed by atoms with van der Waals surface area (Å²) in [5.41, 5.74) is 2.62. The maximum absolute atomic E-state index is 13.9. The van der Waals surface area contributed by atoms with Gasteiger partial charge in [-0.2, -0.15) is 0 Å². The minimum absolute atomic E-state index is 0.147. The second kappa shape index (κ2) is 9.24. The summed E-state index contributed by atoms with van der Waals surface area (Å²) in [6.07, 6.45) is 6.67. The van der Waals surface area contributed by atoms with E-state index in [-0.39, 0.29) is 17.1 Å². The Hall–Kier alpha value is -2.95. The Morgan fingerprint density at radius 2 is 1.73 bits per heavy atom. The van der Waals surface area contributed by atoms with Crippen molar-refractivity contribution < 1.29 is 23.8 Å². The van der Waals surface area contributed by atoms with E-state index in [0.29, 0.717) is 18.4 Å². The predicted octanol–water partition coefficient (Wildman–Crippen LogP) is 6.43. The fourth-order valence-electron chi connectivity index (χ4n) is 4.11. The summed E-state index contributed by atoms with van der Waals surface area (Å²) in [6.45, 7) is 4.06. The van der Waals surface area contributed by atoms with Gasteiger partial charge < -0.3 is 10.2 Å². The van der Waals surface area contributed by atoms with Crippen LogP contribution in [0.25, 0.3) is 0 Å². The van der Waals surface area contributed by atoms with Crippen molar-refractivity contribution in [2.24, 2.45) is 5.92 Å². The molecular weight excluding hydrogens is 386 g/mol. The molecule has 2 atom stereocenters. The minimum atomic E-state index is -0.692. The molecule has 3 nitrogen and oxygen atoms in total. The van der Waals surface area contributed by atoms with E-state index in [0.717, 1.165) is 24.5 Å². The molecule has 1 aliphatic carbocycles. The number of aromatic hydroxyl groups is 2. The van der Waals surface area contributed by atoms with Crippen molar-refractivity contribution in [3.05, 3.63) is 82.5 Å². The topological polar surface area (TPSA) is 57.5 Å². The molecule has 30 heavy (non-hydrogen) atoms. The zero-order valence-electron chi connectivity index (χ0n) is 17.2. The fourth-order valence-corrected chi connectivity index (χ4v) is 4.11. The maximum Gasteiger partial charge on any atom is 0.174 e. The SMILES string of the molecule is CC(C)=CCCC1=CC[C@@H](C(=O)c2c(O)cccc2O)[C@H](c2cc(F)cc(F)c2)C1. The normalized spacial score (nSPS) is 18.6. The van der Waals surface area contributed by atoms with Gasteiger partial charge in [0.2, 0.25) is 0 Å². The van der Waals surface area contributed by atoms with Crippen molar-refractivity contribution in [1.82, 2.24) is 0 Å². The van der Waals surface area contributed by atoms with Gasteiger partial charge in [-0.05, 0) is 75.3 Å². The molecule has 1 aliphatic rings. The van der Waals surface area contributed by atoms with E-state index < -0.39 is 29.3 Å². The molecular formula is C25H26F2O3. The van der Waals surface area contributed by atoms with Gasteiger partial charge in [0.15, 0.2) is 5.78 Å². The molecule has 0 radical (unpaired) electrons. The molecule has 2 aromatic rings. The molecule has 0 unspecified atom stereocenters. The second-order valence-corrected chi connectivity index (χ2v) is 8.07. The first kappa shape index (κ1) is 21.8. The Morgan fingerprint density at radius 3 is 2.33 bits per heavy atom. The molecule has 2 N–H and O–H groups in total. The van der Waals surface area contributed by atoms with Crippen LogP contribution >= 0.6 is 0 Å². The number of halogens is 2. The number of rotatable bonds is 6. The molecule has 0 bridgehead atoms. The number of hydrogen-bond acceptors (Lipinski definition) is 3. The lowest BCUT2D eigenvalue weighted by molar-refractivity contribution is 0.0889. The average Bonchev–Trinajstić information content (AvgIpc) is 2.66. The number of phenols is 2. The minimum Gasteiger partial charge on any atom is -0.507 e. The van der Waals surface area contributed by atoms with Gasteiger partial charge in [0, 0.05) is 12.0 Å². The molecule has 0 saturated heterocycles. The Balaban J connectivity index is 1.97. The molecule has 0 saturated carbocycles. The highest BCUT2D eigenvalue weighted by atomic mass is 19.1. The van der Waals surface area contributed by atoms with Crippen LogP contribution < -0.4 is 0 Å². The summed E-state index contributed by atoms with van der Waals surface area (Å²) in [7, 11) is 0. The quantitative estimate of drug-likeness (QED) is 0.425. The van der Waals surface area contributed by atoms with Gasteiger partial charge in [0.25, 0.3) is 0 Å². The molecule has 2 aromatic carbocycles. The van der Waals surface area contributed by atoms with Crippen molar-refractivity contribution in [2.45, 2.75) is 45.4 Å². The first-order valence-electron chi connectivity index (χ1n) is 10.1. The second-order valence-electron chi connectivity index (χ2n) is 8.07. The standard InChI is InChI=1S/C25H26F2O3/c1-15(2)5-3-6-16-9-10-20(25(30)24-22(28)7-4-8-23(24)29)21(11-16)17-12-18(26)14-19(27)13-17/h4-5,7-9,12-14,20-21,28-29H,3,6,10-11H2,1-2H3/t20-,21+/m1/s1. The van der Waals surface area contributed by atoms with Crippen LogP contribution in [0.1, 0.15) is 61.4 Å². The van der Waals surface area contributed by atoms with Crippen molar-refractivity contribution >= 4 is 5.78 Å².